The SMILES string of the molecule is C=CC(C/C=C/c1ccccc1)OC(=O)c1ccccc1C#CCCCC. The van der Waals surface area contributed by atoms with Crippen LogP contribution in [0, 0.1) is 11.8 Å². The number of hydrogen-bond donors (Lipinski definition) is 0. The van der Waals surface area contributed by atoms with Crippen molar-refractivity contribution in [1.29, 1.82) is 0 Å². The Kier molecular flexibility index (Phi) is 8.66. The van der Waals surface area contributed by atoms with Gasteiger partial charge in [-0.15, -0.1) is 0 Å². The zero-order chi connectivity index (χ0) is 19.3. The average molecular weight is 358 g/mol. The molecule has 2 heteroatoms. The standard InChI is InChI=1S/C25H26O2/c1-3-5-6-10-17-22-18-11-12-20-24(22)25(26)27-23(4-2)19-13-16-21-14-8-7-9-15-21/h4,7-9,11-16,18,20,23H,2-3,5-6,19H2,1H3/b16-13+. The molecular formula is C25H26O2. The average Bonchev–Trinajstić information content (AvgIpc) is 2.71. The number of benzene rings is 2. The van der Waals surface area contributed by atoms with Crippen molar-refractivity contribution in [1.82, 2.24) is 0 Å². The number of hydrogen-bond acceptors (Lipinski definition) is 2. The van der Waals surface area contributed by atoms with Gasteiger partial charge >= 0.3 is 5.97 Å². The Bertz CT molecular complexity index is 822. The first kappa shape index (κ1) is 20.3. The molecule has 0 radical (unpaired) electrons. The normalized spacial score (nSPS) is 11.4. The Morgan fingerprint density at radius 1 is 1.15 bits per heavy atom. The summed E-state index contributed by atoms with van der Waals surface area (Å²) in [6, 6.07) is 17.3. The van der Waals surface area contributed by atoms with Crippen LogP contribution in [0.3, 0.4) is 0 Å². The highest BCUT2D eigenvalue weighted by molar-refractivity contribution is 5.92. The van der Waals surface area contributed by atoms with Crippen LogP contribution in [0.5, 0.6) is 0 Å². The van der Waals surface area contributed by atoms with Gasteiger partial charge in [-0.25, -0.2) is 4.79 Å². The molecule has 0 saturated heterocycles. The number of unbranched alkanes of at least 4 members (excludes halogenated alkanes) is 2. The molecule has 2 nitrogen and oxygen atoms in total. The fourth-order valence-corrected chi connectivity index (χ4v) is 2.49. The molecule has 0 aliphatic heterocycles. The minimum atomic E-state index is -0.376. The van der Waals surface area contributed by atoms with Crippen LogP contribution in [0.1, 0.15) is 54.1 Å². The number of carbonyl (C=O) groups is 1. The summed E-state index contributed by atoms with van der Waals surface area (Å²) < 4.78 is 5.62. The van der Waals surface area contributed by atoms with Crippen LogP contribution in [-0.4, -0.2) is 12.1 Å². The van der Waals surface area contributed by atoms with Crippen LogP contribution in [0.4, 0.5) is 0 Å². The second-order valence-corrected chi connectivity index (χ2v) is 6.18. The van der Waals surface area contributed by atoms with Crippen LogP contribution in [-0.2, 0) is 4.74 Å². The minimum Gasteiger partial charge on any atom is -0.454 e. The molecule has 138 valence electrons. The monoisotopic (exact) mass is 358 g/mol. The third kappa shape index (κ3) is 6.99. The van der Waals surface area contributed by atoms with E-state index in [0.29, 0.717) is 17.5 Å². The maximum atomic E-state index is 12.6. The van der Waals surface area contributed by atoms with E-state index < -0.39 is 0 Å². The number of rotatable bonds is 8. The van der Waals surface area contributed by atoms with E-state index in [0.717, 1.165) is 24.8 Å². The molecular weight excluding hydrogens is 332 g/mol. The van der Waals surface area contributed by atoms with E-state index in [2.05, 4.69) is 25.3 Å². The Balaban J connectivity index is 2.00. The lowest BCUT2D eigenvalue weighted by molar-refractivity contribution is 0.0400. The van der Waals surface area contributed by atoms with Crippen LogP contribution in [0.25, 0.3) is 6.08 Å². The lowest BCUT2D eigenvalue weighted by Gasteiger charge is -2.13. The fourth-order valence-electron chi connectivity index (χ4n) is 2.49. The van der Waals surface area contributed by atoms with Gasteiger partial charge in [0, 0.05) is 18.4 Å². The zero-order valence-electron chi connectivity index (χ0n) is 15.9. The predicted octanol–water partition coefficient (Wildman–Crippen LogP) is 6.04. The molecule has 0 N–H and O–H groups in total. The molecule has 0 aliphatic carbocycles. The topological polar surface area (TPSA) is 26.3 Å². The number of ether oxygens (including phenoxy) is 1. The largest absolute Gasteiger partial charge is 0.454 e. The van der Waals surface area contributed by atoms with Crippen LogP contribution < -0.4 is 0 Å². The van der Waals surface area contributed by atoms with Gasteiger partial charge in [-0.3, -0.25) is 0 Å². The summed E-state index contributed by atoms with van der Waals surface area (Å²) in [6.45, 7) is 5.92. The van der Waals surface area contributed by atoms with Crippen molar-refractivity contribution >= 4 is 12.0 Å². The van der Waals surface area contributed by atoms with Gasteiger partial charge in [-0.1, -0.05) is 92.5 Å². The maximum Gasteiger partial charge on any atom is 0.340 e. The van der Waals surface area contributed by atoms with E-state index in [1.54, 1.807) is 12.1 Å². The Morgan fingerprint density at radius 2 is 1.89 bits per heavy atom. The van der Waals surface area contributed by atoms with Gasteiger partial charge in [0.25, 0.3) is 0 Å². The minimum absolute atomic E-state index is 0.367. The van der Waals surface area contributed by atoms with E-state index in [1.165, 1.54) is 0 Å². The van der Waals surface area contributed by atoms with Crippen molar-refractivity contribution in [3.8, 4) is 11.8 Å². The van der Waals surface area contributed by atoms with E-state index in [-0.39, 0.29) is 12.1 Å². The van der Waals surface area contributed by atoms with Gasteiger partial charge in [0.15, 0.2) is 0 Å². The molecule has 1 atom stereocenters. The van der Waals surface area contributed by atoms with E-state index in [4.69, 9.17) is 4.74 Å². The van der Waals surface area contributed by atoms with Gasteiger partial charge in [0.05, 0.1) is 5.56 Å². The zero-order valence-corrected chi connectivity index (χ0v) is 15.9. The van der Waals surface area contributed by atoms with Crippen LogP contribution in [0.2, 0.25) is 0 Å². The van der Waals surface area contributed by atoms with Gasteiger partial charge in [0.1, 0.15) is 6.10 Å². The molecule has 2 aromatic carbocycles. The van der Waals surface area contributed by atoms with Gasteiger partial charge in [-0.05, 0) is 24.1 Å². The molecule has 2 rings (SSSR count). The summed E-state index contributed by atoms with van der Waals surface area (Å²) in [7, 11) is 0. The molecule has 0 fully saturated rings. The predicted molar refractivity (Wildman–Crippen MR) is 112 cm³/mol. The van der Waals surface area contributed by atoms with Crippen molar-refractivity contribution in [2.24, 2.45) is 0 Å². The Morgan fingerprint density at radius 3 is 2.63 bits per heavy atom. The van der Waals surface area contributed by atoms with Crippen molar-refractivity contribution in [3.05, 3.63) is 90.0 Å². The lowest BCUT2D eigenvalue weighted by Crippen LogP contribution is -2.16. The summed E-state index contributed by atoms with van der Waals surface area (Å²) in [5, 5.41) is 0. The summed E-state index contributed by atoms with van der Waals surface area (Å²) >= 11 is 0. The molecule has 0 aromatic heterocycles. The Hall–Kier alpha value is -3.05. The first-order valence-corrected chi connectivity index (χ1v) is 9.37. The maximum absolute atomic E-state index is 12.6. The van der Waals surface area contributed by atoms with E-state index in [1.807, 2.05) is 60.7 Å². The molecule has 0 bridgehead atoms. The first-order valence-electron chi connectivity index (χ1n) is 9.37. The molecule has 0 saturated carbocycles. The van der Waals surface area contributed by atoms with Crippen LogP contribution >= 0.6 is 0 Å². The smallest absolute Gasteiger partial charge is 0.340 e. The van der Waals surface area contributed by atoms with Crippen molar-refractivity contribution in [3.63, 3.8) is 0 Å². The Labute approximate surface area is 162 Å². The number of carbonyl (C=O) groups excluding carboxylic acids is 1. The number of esters is 1. The lowest BCUT2D eigenvalue weighted by atomic mass is 10.1. The van der Waals surface area contributed by atoms with Crippen molar-refractivity contribution in [2.45, 2.75) is 38.7 Å². The second-order valence-electron chi connectivity index (χ2n) is 6.18. The molecule has 0 amide bonds. The van der Waals surface area contributed by atoms with Crippen molar-refractivity contribution < 1.29 is 9.53 Å². The third-order valence-electron chi connectivity index (χ3n) is 4.02. The highest BCUT2D eigenvalue weighted by Gasteiger charge is 2.15. The molecule has 27 heavy (non-hydrogen) atoms. The molecule has 1 unspecified atom stereocenters. The van der Waals surface area contributed by atoms with Gasteiger partial charge in [0.2, 0.25) is 0 Å². The van der Waals surface area contributed by atoms with Gasteiger partial charge < -0.3 is 4.74 Å². The fraction of sp³-hybridized carbons (Fsp3) is 0.240. The third-order valence-corrected chi connectivity index (χ3v) is 4.02. The van der Waals surface area contributed by atoms with Gasteiger partial charge in [-0.2, -0.15) is 0 Å². The van der Waals surface area contributed by atoms with Crippen molar-refractivity contribution in [2.75, 3.05) is 0 Å². The second kappa shape index (κ2) is 11.5. The summed E-state index contributed by atoms with van der Waals surface area (Å²) in [5.74, 6) is 5.86. The molecule has 0 heterocycles. The van der Waals surface area contributed by atoms with Crippen LogP contribution in [0.15, 0.2) is 73.3 Å². The van der Waals surface area contributed by atoms with E-state index in [9.17, 15) is 4.79 Å². The molecule has 2 aromatic rings. The highest BCUT2D eigenvalue weighted by Crippen LogP contribution is 2.13. The summed E-state index contributed by atoms with van der Waals surface area (Å²) in [5.41, 5.74) is 2.32. The molecule has 0 spiro atoms. The van der Waals surface area contributed by atoms with E-state index >= 15 is 0 Å². The molecule has 0 aliphatic rings. The highest BCUT2D eigenvalue weighted by atomic mass is 16.5. The summed E-state index contributed by atoms with van der Waals surface area (Å²) in [6.07, 6.45) is 8.86. The quantitative estimate of drug-likeness (QED) is 0.249. The summed E-state index contributed by atoms with van der Waals surface area (Å²) in [4.78, 5) is 12.6. The first-order chi connectivity index (χ1) is 13.2.